The molecule has 1 fully saturated rings. The highest BCUT2D eigenvalue weighted by Gasteiger charge is 2.35. The molecule has 0 aliphatic heterocycles. The van der Waals surface area contributed by atoms with Gasteiger partial charge in [0.2, 0.25) is 0 Å². The van der Waals surface area contributed by atoms with E-state index in [1.807, 2.05) is 0 Å². The Labute approximate surface area is 121 Å². The number of benzene rings is 1. The number of nitrogens with two attached hydrogens (primary N) is 1. The van der Waals surface area contributed by atoms with E-state index in [2.05, 4.69) is 5.32 Å². The highest BCUT2D eigenvalue weighted by atomic mass is 35.5. The lowest BCUT2D eigenvalue weighted by Crippen LogP contribution is -2.37. The molecule has 3 N–H and O–H groups in total. The van der Waals surface area contributed by atoms with Crippen LogP contribution >= 0.6 is 11.6 Å². The average Bonchev–Trinajstić information content (AvgIpc) is 2.40. The van der Waals surface area contributed by atoms with Crippen molar-refractivity contribution < 1.29 is 13.2 Å². The minimum absolute atomic E-state index is 0.0213. The average molecular weight is 307 g/mol. The van der Waals surface area contributed by atoms with Gasteiger partial charge in [0.1, 0.15) is 0 Å². The molecule has 0 aromatic heterocycles. The molecule has 2 rings (SSSR count). The Bertz CT molecular complexity index is 462. The van der Waals surface area contributed by atoms with Crippen molar-refractivity contribution in [1.82, 2.24) is 0 Å². The van der Waals surface area contributed by atoms with Gasteiger partial charge in [0.25, 0.3) is 0 Å². The van der Waals surface area contributed by atoms with Crippen molar-refractivity contribution >= 4 is 17.3 Å². The predicted octanol–water partition coefficient (Wildman–Crippen LogP) is 4.29. The maximum atomic E-state index is 13.0. The van der Waals surface area contributed by atoms with Crippen molar-refractivity contribution in [3.05, 3.63) is 28.8 Å². The number of alkyl halides is 3. The second-order valence-electron chi connectivity index (χ2n) is 5.19. The molecule has 2 unspecified atom stereocenters. The largest absolute Gasteiger partial charge is 0.418 e. The number of rotatable bonds is 3. The first kappa shape index (κ1) is 15.4. The van der Waals surface area contributed by atoms with Crippen molar-refractivity contribution in [2.45, 2.75) is 37.9 Å². The molecule has 0 amide bonds. The van der Waals surface area contributed by atoms with Crippen LogP contribution in [0, 0.1) is 5.92 Å². The lowest BCUT2D eigenvalue weighted by atomic mass is 9.84. The van der Waals surface area contributed by atoms with E-state index in [0.717, 1.165) is 31.7 Å². The van der Waals surface area contributed by atoms with Crippen molar-refractivity contribution in [3.63, 3.8) is 0 Å². The summed E-state index contributed by atoms with van der Waals surface area (Å²) >= 11 is 5.95. The molecule has 1 aromatic carbocycles. The maximum Gasteiger partial charge on any atom is 0.418 e. The number of hydrogen-bond acceptors (Lipinski definition) is 2. The molecular formula is C14H18ClF3N2. The topological polar surface area (TPSA) is 38.0 Å². The number of para-hydroxylation sites is 1. The van der Waals surface area contributed by atoms with Crippen LogP contribution in [0.1, 0.15) is 31.2 Å². The van der Waals surface area contributed by atoms with Gasteiger partial charge in [0.05, 0.1) is 16.3 Å². The zero-order chi connectivity index (χ0) is 14.8. The van der Waals surface area contributed by atoms with Crippen LogP contribution in [-0.4, -0.2) is 12.6 Å². The molecule has 1 aromatic rings. The van der Waals surface area contributed by atoms with Gasteiger partial charge in [0.15, 0.2) is 0 Å². The fraction of sp³-hybridized carbons (Fsp3) is 0.571. The summed E-state index contributed by atoms with van der Waals surface area (Å²) in [5.41, 5.74) is 4.98. The summed E-state index contributed by atoms with van der Waals surface area (Å²) in [5, 5.41) is 3.09. The van der Waals surface area contributed by atoms with E-state index in [1.165, 1.54) is 12.1 Å². The third-order valence-electron chi connectivity index (χ3n) is 3.86. The van der Waals surface area contributed by atoms with Crippen LogP contribution < -0.4 is 11.1 Å². The van der Waals surface area contributed by atoms with E-state index in [-0.39, 0.29) is 22.7 Å². The zero-order valence-electron chi connectivity index (χ0n) is 11.0. The number of anilines is 1. The Hall–Kier alpha value is -0.940. The lowest BCUT2D eigenvalue weighted by molar-refractivity contribution is -0.137. The van der Waals surface area contributed by atoms with E-state index < -0.39 is 11.7 Å². The fourth-order valence-electron chi connectivity index (χ4n) is 2.77. The van der Waals surface area contributed by atoms with Crippen LogP contribution in [0.2, 0.25) is 5.02 Å². The summed E-state index contributed by atoms with van der Waals surface area (Å²) in [7, 11) is 0. The van der Waals surface area contributed by atoms with Gasteiger partial charge < -0.3 is 11.1 Å². The molecule has 2 nitrogen and oxygen atoms in total. The monoisotopic (exact) mass is 306 g/mol. The molecule has 0 radical (unpaired) electrons. The van der Waals surface area contributed by atoms with Gasteiger partial charge in [-0.3, -0.25) is 0 Å². The smallest absolute Gasteiger partial charge is 0.380 e. The predicted molar refractivity (Wildman–Crippen MR) is 74.9 cm³/mol. The van der Waals surface area contributed by atoms with E-state index in [9.17, 15) is 13.2 Å². The van der Waals surface area contributed by atoms with Crippen LogP contribution in [0.5, 0.6) is 0 Å². The van der Waals surface area contributed by atoms with Gasteiger partial charge >= 0.3 is 6.18 Å². The minimum Gasteiger partial charge on any atom is -0.380 e. The molecule has 1 saturated carbocycles. The van der Waals surface area contributed by atoms with Gasteiger partial charge in [-0.2, -0.15) is 13.2 Å². The molecule has 1 aliphatic carbocycles. The van der Waals surface area contributed by atoms with Crippen LogP contribution in [0.25, 0.3) is 0 Å². The second kappa shape index (κ2) is 6.22. The molecular weight excluding hydrogens is 289 g/mol. The van der Waals surface area contributed by atoms with Crippen LogP contribution in [-0.2, 0) is 6.18 Å². The van der Waals surface area contributed by atoms with E-state index in [0.29, 0.717) is 6.54 Å². The molecule has 1 aliphatic rings. The molecule has 112 valence electrons. The first-order valence-corrected chi connectivity index (χ1v) is 7.13. The highest BCUT2D eigenvalue weighted by Crippen LogP contribution is 2.40. The first-order chi connectivity index (χ1) is 9.43. The normalized spacial score (nSPS) is 23.6. The standard InChI is InChI=1S/C14H18ClF3N2/c15-11-6-3-5-10(14(16,17)18)13(11)20-12-7-2-1-4-9(12)8-19/h3,5-6,9,12,20H,1-2,4,7-8,19H2. The van der Waals surface area contributed by atoms with Crippen molar-refractivity contribution in [2.24, 2.45) is 11.7 Å². The van der Waals surface area contributed by atoms with Crippen molar-refractivity contribution in [2.75, 3.05) is 11.9 Å². The summed E-state index contributed by atoms with van der Waals surface area (Å²) < 4.78 is 39.1. The van der Waals surface area contributed by atoms with E-state index >= 15 is 0 Å². The highest BCUT2D eigenvalue weighted by molar-refractivity contribution is 6.33. The van der Waals surface area contributed by atoms with E-state index in [4.69, 9.17) is 17.3 Å². The van der Waals surface area contributed by atoms with Crippen LogP contribution in [0.3, 0.4) is 0 Å². The summed E-state index contributed by atoms with van der Waals surface area (Å²) in [6.45, 7) is 0.476. The van der Waals surface area contributed by atoms with Gasteiger partial charge in [-0.15, -0.1) is 0 Å². The fourth-order valence-corrected chi connectivity index (χ4v) is 3.00. The number of halogens is 4. The summed E-state index contributed by atoms with van der Waals surface area (Å²) in [5.74, 6) is 0.195. The van der Waals surface area contributed by atoms with Crippen LogP contribution in [0.4, 0.5) is 18.9 Å². The lowest BCUT2D eigenvalue weighted by Gasteiger charge is -2.33. The Morgan fingerprint density at radius 3 is 2.60 bits per heavy atom. The Morgan fingerprint density at radius 1 is 1.25 bits per heavy atom. The summed E-state index contributed by atoms with van der Waals surface area (Å²) in [4.78, 5) is 0. The number of hydrogen-bond donors (Lipinski definition) is 2. The maximum absolute atomic E-state index is 13.0. The van der Waals surface area contributed by atoms with Gasteiger partial charge in [-0.25, -0.2) is 0 Å². The molecule has 20 heavy (non-hydrogen) atoms. The van der Waals surface area contributed by atoms with Gasteiger partial charge in [-0.05, 0) is 37.4 Å². The second-order valence-corrected chi connectivity index (χ2v) is 5.60. The molecule has 2 atom stereocenters. The molecule has 0 heterocycles. The van der Waals surface area contributed by atoms with Gasteiger partial charge in [0, 0.05) is 6.04 Å². The molecule has 0 saturated heterocycles. The Morgan fingerprint density at radius 2 is 1.95 bits per heavy atom. The molecule has 6 heteroatoms. The third kappa shape index (κ3) is 3.38. The minimum atomic E-state index is -4.42. The van der Waals surface area contributed by atoms with E-state index in [1.54, 1.807) is 0 Å². The number of nitrogens with one attached hydrogen (secondary N) is 1. The Balaban J connectivity index is 2.28. The zero-order valence-corrected chi connectivity index (χ0v) is 11.8. The van der Waals surface area contributed by atoms with Crippen molar-refractivity contribution in [1.29, 1.82) is 0 Å². The summed E-state index contributed by atoms with van der Waals surface area (Å²) in [6.07, 6.45) is -0.570. The molecule has 0 bridgehead atoms. The molecule has 0 spiro atoms. The van der Waals surface area contributed by atoms with Gasteiger partial charge in [-0.1, -0.05) is 30.5 Å². The first-order valence-electron chi connectivity index (χ1n) is 6.75. The Kier molecular flexibility index (Phi) is 4.81. The third-order valence-corrected chi connectivity index (χ3v) is 4.18. The van der Waals surface area contributed by atoms with Crippen LogP contribution in [0.15, 0.2) is 18.2 Å². The SMILES string of the molecule is NCC1CCCCC1Nc1c(Cl)cccc1C(F)(F)F. The quantitative estimate of drug-likeness (QED) is 0.874. The summed E-state index contributed by atoms with van der Waals surface area (Å²) in [6, 6.07) is 3.79. The van der Waals surface area contributed by atoms with Crippen molar-refractivity contribution in [3.8, 4) is 0 Å².